The zero-order chi connectivity index (χ0) is 15.0. The fraction of sp³-hybridized carbons (Fsp3) is 0.933. The molecule has 0 amide bonds. The number of esters is 1. The third-order valence-corrected chi connectivity index (χ3v) is 4.11. The van der Waals surface area contributed by atoms with Gasteiger partial charge in [0, 0.05) is 20.2 Å². The number of ether oxygens (including phenoxy) is 2. The molecule has 20 heavy (non-hydrogen) atoms. The SMILES string of the molecule is CCOC(=O)C1CCC(O)(CN(CC)CCOC)CC1. The molecule has 1 saturated carbocycles. The van der Waals surface area contributed by atoms with Crippen molar-refractivity contribution in [3.05, 3.63) is 0 Å². The summed E-state index contributed by atoms with van der Waals surface area (Å²) in [6, 6.07) is 0. The molecule has 1 aliphatic rings. The molecule has 1 rings (SSSR count). The molecule has 0 heterocycles. The van der Waals surface area contributed by atoms with Gasteiger partial charge in [-0.2, -0.15) is 0 Å². The maximum atomic E-state index is 11.7. The predicted molar refractivity (Wildman–Crippen MR) is 77.5 cm³/mol. The van der Waals surface area contributed by atoms with Crippen LogP contribution in [0.2, 0.25) is 0 Å². The molecular weight excluding hydrogens is 258 g/mol. The molecule has 0 atom stereocenters. The molecule has 0 saturated heterocycles. The Bertz CT molecular complexity index is 288. The fourth-order valence-electron chi connectivity index (χ4n) is 2.79. The Morgan fingerprint density at radius 2 is 2.00 bits per heavy atom. The molecule has 0 radical (unpaired) electrons. The van der Waals surface area contributed by atoms with E-state index in [1.807, 2.05) is 6.92 Å². The van der Waals surface area contributed by atoms with Gasteiger partial charge in [-0.1, -0.05) is 6.92 Å². The number of hydrogen-bond donors (Lipinski definition) is 1. The number of carbonyl (C=O) groups excluding carboxylic acids is 1. The zero-order valence-electron chi connectivity index (χ0n) is 13.1. The zero-order valence-corrected chi connectivity index (χ0v) is 13.1. The Morgan fingerprint density at radius 3 is 2.50 bits per heavy atom. The van der Waals surface area contributed by atoms with Crippen molar-refractivity contribution in [2.75, 3.05) is 40.0 Å². The third kappa shape index (κ3) is 5.38. The quantitative estimate of drug-likeness (QED) is 0.685. The second kappa shape index (κ2) is 8.60. The highest BCUT2D eigenvalue weighted by atomic mass is 16.5. The fourth-order valence-corrected chi connectivity index (χ4v) is 2.79. The minimum atomic E-state index is -0.674. The van der Waals surface area contributed by atoms with E-state index in [1.165, 1.54) is 0 Å². The van der Waals surface area contributed by atoms with Gasteiger partial charge in [-0.05, 0) is 39.2 Å². The number of aliphatic hydroxyl groups is 1. The van der Waals surface area contributed by atoms with Crippen molar-refractivity contribution in [1.82, 2.24) is 4.90 Å². The van der Waals surface area contributed by atoms with Crippen LogP contribution in [0.3, 0.4) is 0 Å². The topological polar surface area (TPSA) is 59.0 Å². The van der Waals surface area contributed by atoms with Crippen LogP contribution in [0.4, 0.5) is 0 Å². The second-order valence-corrected chi connectivity index (χ2v) is 5.61. The van der Waals surface area contributed by atoms with Gasteiger partial charge in [0.15, 0.2) is 0 Å². The largest absolute Gasteiger partial charge is 0.466 e. The molecule has 0 spiro atoms. The lowest BCUT2D eigenvalue weighted by Crippen LogP contribution is -2.47. The molecule has 1 fully saturated rings. The minimum absolute atomic E-state index is 0.0377. The third-order valence-electron chi connectivity index (χ3n) is 4.11. The van der Waals surface area contributed by atoms with Crippen LogP contribution < -0.4 is 0 Å². The standard InChI is InChI=1S/C15H29NO4/c1-4-16(10-11-19-3)12-15(18)8-6-13(7-9-15)14(17)20-5-2/h13,18H,4-12H2,1-3H3. The van der Waals surface area contributed by atoms with Crippen LogP contribution in [0, 0.1) is 5.92 Å². The number of likely N-dealkylation sites (N-methyl/N-ethyl adjacent to an activating group) is 1. The lowest BCUT2D eigenvalue weighted by Gasteiger charge is -2.38. The Morgan fingerprint density at radius 1 is 1.35 bits per heavy atom. The van der Waals surface area contributed by atoms with Gasteiger partial charge >= 0.3 is 5.97 Å². The smallest absolute Gasteiger partial charge is 0.308 e. The van der Waals surface area contributed by atoms with Crippen LogP contribution in [0.25, 0.3) is 0 Å². The number of rotatable bonds is 8. The first-order chi connectivity index (χ1) is 9.54. The normalized spacial score (nSPS) is 26.8. The number of methoxy groups -OCH3 is 1. The van der Waals surface area contributed by atoms with Crippen LogP contribution in [0.15, 0.2) is 0 Å². The van der Waals surface area contributed by atoms with Crippen molar-refractivity contribution in [1.29, 1.82) is 0 Å². The van der Waals surface area contributed by atoms with E-state index in [4.69, 9.17) is 9.47 Å². The van der Waals surface area contributed by atoms with Gasteiger partial charge in [-0.15, -0.1) is 0 Å². The van der Waals surface area contributed by atoms with Crippen molar-refractivity contribution in [3.8, 4) is 0 Å². The van der Waals surface area contributed by atoms with Crippen molar-refractivity contribution < 1.29 is 19.4 Å². The predicted octanol–water partition coefficient (Wildman–Crippen LogP) is 1.44. The summed E-state index contributed by atoms with van der Waals surface area (Å²) in [6.07, 6.45) is 2.77. The molecule has 0 aromatic rings. The van der Waals surface area contributed by atoms with Gasteiger partial charge in [0.05, 0.1) is 24.7 Å². The molecule has 0 aromatic heterocycles. The van der Waals surface area contributed by atoms with Crippen molar-refractivity contribution in [3.63, 3.8) is 0 Å². The highest BCUT2D eigenvalue weighted by Gasteiger charge is 2.37. The van der Waals surface area contributed by atoms with Crippen LogP contribution >= 0.6 is 0 Å². The summed E-state index contributed by atoms with van der Waals surface area (Å²) in [7, 11) is 1.69. The Balaban J connectivity index is 2.42. The van der Waals surface area contributed by atoms with Crippen molar-refractivity contribution in [2.45, 2.75) is 45.1 Å². The van der Waals surface area contributed by atoms with E-state index in [0.717, 1.165) is 25.9 Å². The molecule has 5 nitrogen and oxygen atoms in total. The highest BCUT2D eigenvalue weighted by molar-refractivity contribution is 5.72. The highest BCUT2D eigenvalue weighted by Crippen LogP contribution is 2.33. The molecule has 1 aliphatic carbocycles. The van der Waals surface area contributed by atoms with Crippen molar-refractivity contribution >= 4 is 5.97 Å². The lowest BCUT2D eigenvalue weighted by molar-refractivity contribution is -0.151. The van der Waals surface area contributed by atoms with Gasteiger partial charge in [0.1, 0.15) is 0 Å². The van der Waals surface area contributed by atoms with Gasteiger partial charge in [0.25, 0.3) is 0 Å². The van der Waals surface area contributed by atoms with E-state index in [9.17, 15) is 9.90 Å². The molecular formula is C15H29NO4. The maximum absolute atomic E-state index is 11.7. The van der Waals surface area contributed by atoms with Crippen LogP contribution in [0.1, 0.15) is 39.5 Å². The number of nitrogens with zero attached hydrogens (tertiary/aromatic N) is 1. The average molecular weight is 287 g/mol. The second-order valence-electron chi connectivity index (χ2n) is 5.61. The van der Waals surface area contributed by atoms with E-state index in [0.29, 0.717) is 32.6 Å². The van der Waals surface area contributed by atoms with Gasteiger partial charge in [0.2, 0.25) is 0 Å². The van der Waals surface area contributed by atoms with E-state index in [1.54, 1.807) is 7.11 Å². The van der Waals surface area contributed by atoms with Gasteiger partial charge in [-0.3, -0.25) is 9.69 Å². The van der Waals surface area contributed by atoms with Crippen molar-refractivity contribution in [2.24, 2.45) is 5.92 Å². The number of hydrogen-bond acceptors (Lipinski definition) is 5. The van der Waals surface area contributed by atoms with Crippen LogP contribution in [-0.4, -0.2) is 61.5 Å². The Kier molecular flexibility index (Phi) is 7.48. The summed E-state index contributed by atoms with van der Waals surface area (Å²) < 4.78 is 10.1. The monoisotopic (exact) mass is 287 g/mol. The van der Waals surface area contributed by atoms with Crippen LogP contribution in [0.5, 0.6) is 0 Å². The number of carbonyl (C=O) groups is 1. The van der Waals surface area contributed by atoms with E-state index in [2.05, 4.69) is 11.8 Å². The summed E-state index contributed by atoms with van der Waals surface area (Å²) >= 11 is 0. The summed E-state index contributed by atoms with van der Waals surface area (Å²) in [5, 5.41) is 10.7. The maximum Gasteiger partial charge on any atom is 0.308 e. The molecule has 0 unspecified atom stereocenters. The molecule has 0 aromatic carbocycles. The Labute approximate surface area is 122 Å². The summed E-state index contributed by atoms with van der Waals surface area (Å²) in [5.74, 6) is -0.148. The van der Waals surface area contributed by atoms with Crippen LogP contribution in [-0.2, 0) is 14.3 Å². The average Bonchev–Trinajstić information content (AvgIpc) is 2.44. The molecule has 5 heteroatoms. The summed E-state index contributed by atoms with van der Waals surface area (Å²) in [4.78, 5) is 13.9. The first-order valence-corrected chi connectivity index (χ1v) is 7.65. The first kappa shape index (κ1) is 17.4. The lowest BCUT2D eigenvalue weighted by atomic mass is 9.78. The van der Waals surface area contributed by atoms with E-state index < -0.39 is 5.60 Å². The van der Waals surface area contributed by atoms with E-state index in [-0.39, 0.29) is 11.9 Å². The van der Waals surface area contributed by atoms with E-state index >= 15 is 0 Å². The Hall–Kier alpha value is -0.650. The summed E-state index contributed by atoms with van der Waals surface area (Å²) in [5.41, 5.74) is -0.674. The van der Waals surface area contributed by atoms with Gasteiger partial charge < -0.3 is 14.6 Å². The first-order valence-electron chi connectivity index (χ1n) is 7.65. The summed E-state index contributed by atoms with van der Waals surface area (Å²) in [6.45, 7) is 7.40. The molecule has 0 bridgehead atoms. The molecule has 1 N–H and O–H groups in total. The van der Waals surface area contributed by atoms with Gasteiger partial charge in [-0.25, -0.2) is 0 Å². The minimum Gasteiger partial charge on any atom is -0.466 e. The molecule has 118 valence electrons. The molecule has 0 aliphatic heterocycles.